The molecule has 2 aliphatic rings. The van der Waals surface area contributed by atoms with E-state index in [0.29, 0.717) is 28.3 Å². The van der Waals surface area contributed by atoms with E-state index in [9.17, 15) is 50.8 Å². The van der Waals surface area contributed by atoms with Gasteiger partial charge in [0.1, 0.15) is 38.3 Å². The summed E-state index contributed by atoms with van der Waals surface area (Å²) in [5.74, 6) is -4.74. The van der Waals surface area contributed by atoms with Gasteiger partial charge in [0, 0.05) is 28.8 Å². The number of phenols is 2. The van der Waals surface area contributed by atoms with Gasteiger partial charge in [-0.2, -0.15) is 37.3 Å². The van der Waals surface area contributed by atoms with Gasteiger partial charge in [0.2, 0.25) is 0 Å². The molecule has 7 N–H and O–H groups in total. The molecule has 2 unspecified atom stereocenters. The van der Waals surface area contributed by atoms with Crippen LogP contribution in [0, 0.1) is 32.6 Å². The summed E-state index contributed by atoms with van der Waals surface area (Å²) in [6.07, 6.45) is 5.83. The number of carbonyl (C=O) groups is 2. The maximum absolute atomic E-state index is 13.9. The van der Waals surface area contributed by atoms with E-state index in [1.807, 2.05) is 13.0 Å². The molecule has 2 aliphatic carbocycles. The second kappa shape index (κ2) is 17.3. The van der Waals surface area contributed by atoms with E-state index < -0.39 is 76.5 Å². The van der Waals surface area contributed by atoms with Gasteiger partial charge in [-0.15, -0.1) is 5.11 Å². The number of ether oxygens (including phenoxy) is 1. The molecule has 5 aromatic rings. The normalized spacial score (nSPS) is 17.2. The summed E-state index contributed by atoms with van der Waals surface area (Å²) in [5.41, 5.74) is 5.30. The van der Waals surface area contributed by atoms with Crippen molar-refractivity contribution < 1.29 is 55.6 Å². The van der Waals surface area contributed by atoms with Gasteiger partial charge in [0.15, 0.2) is 11.5 Å². The predicted molar refractivity (Wildman–Crippen MR) is 236 cm³/mol. The van der Waals surface area contributed by atoms with Crippen molar-refractivity contribution in [1.82, 2.24) is 0 Å². The smallest absolute Gasteiger partial charge is 0.339 e. The minimum atomic E-state index is -5.01. The number of nitrogens with zero attached hydrogens (tertiary/aromatic N) is 5. The molecule has 0 saturated heterocycles. The molecule has 2 atom stereocenters. The molecule has 328 valence electrons. The molecule has 0 fully saturated rings. The first-order chi connectivity index (χ1) is 30.2. The number of methoxy groups -OCH3 is 1. The summed E-state index contributed by atoms with van der Waals surface area (Å²) in [6, 6.07) is 17.7. The number of hydrazone groups is 1. The molecular weight excluding hydrogens is 871 g/mol. The number of phenolic OH excluding ortho intramolecular Hbond substituents is 1. The highest BCUT2D eigenvalue weighted by molar-refractivity contribution is 7.91. The Morgan fingerprint density at radius 2 is 1.53 bits per heavy atom. The molecule has 0 bridgehead atoms. The Labute approximate surface area is 365 Å². The Bertz CT molecular complexity index is 3230. The number of azo groups is 2. The third-order valence-electron chi connectivity index (χ3n) is 10.2. The monoisotopic (exact) mass is 907 g/mol. The summed E-state index contributed by atoms with van der Waals surface area (Å²) in [7, 11) is -8.58. The maximum Gasteiger partial charge on any atom is 0.339 e. The van der Waals surface area contributed by atoms with E-state index in [-0.39, 0.29) is 33.5 Å². The maximum atomic E-state index is 13.9. The zero-order valence-corrected chi connectivity index (χ0v) is 35.7. The summed E-state index contributed by atoms with van der Waals surface area (Å²) in [6.45, 7) is 5.35. The van der Waals surface area contributed by atoms with Gasteiger partial charge in [-0.3, -0.25) is 19.3 Å². The Morgan fingerprint density at radius 3 is 2.22 bits per heavy atom. The zero-order chi connectivity index (χ0) is 46.2. The van der Waals surface area contributed by atoms with Crippen molar-refractivity contribution in [2.45, 2.75) is 25.7 Å². The first-order valence-corrected chi connectivity index (χ1v) is 21.8. The molecule has 0 aliphatic heterocycles. The lowest BCUT2D eigenvalue weighted by Gasteiger charge is -2.28. The second-order valence-electron chi connectivity index (χ2n) is 14.7. The molecule has 21 heteroatoms. The van der Waals surface area contributed by atoms with E-state index in [1.165, 1.54) is 55.7 Å². The van der Waals surface area contributed by atoms with Crippen molar-refractivity contribution in [2.24, 2.45) is 37.4 Å². The standard InChI is InChI=1S/C43H37N7O12S2/c1-21-5-11-32(22(2)13-21)46-49-39-37(63(56,57)58)17-24-15-26(6-9-29(24)41(39)52)44-27-7-10-30-25(16-27)18-38(64(59,60)61)40(42(30)53)50-48-34-14-23(3)33(20-36(34)62-4)47-45-28-8-12-35(51)31(19-28)43(54)55/h5-20,25,30,44,48,51-52H,1-4H3,(H,54,55)(H,56,57,58)(H,59,60,61)/b47-45?,49-46?,50-40-. The van der Waals surface area contributed by atoms with Crippen LogP contribution in [0.2, 0.25) is 0 Å². The average molecular weight is 908 g/mol. The van der Waals surface area contributed by atoms with E-state index in [4.69, 9.17) is 4.74 Å². The number of hydrogen-bond donors (Lipinski definition) is 7. The molecule has 64 heavy (non-hydrogen) atoms. The number of carboxylic acid groups (broad SMARTS) is 1. The largest absolute Gasteiger partial charge is 0.507 e. The topological polar surface area (TPSA) is 299 Å². The molecule has 19 nitrogen and oxygen atoms in total. The van der Waals surface area contributed by atoms with Gasteiger partial charge in [-0.25, -0.2) is 4.79 Å². The number of carboxylic acids is 1. The number of aromatic hydroxyl groups is 2. The number of Topliss-reactive ketones (excluding diaryl/α,β-unsaturated/α-hetero) is 1. The number of hydrogen-bond acceptors (Lipinski definition) is 16. The Balaban J connectivity index is 1.14. The van der Waals surface area contributed by atoms with Crippen molar-refractivity contribution in [3.8, 4) is 17.2 Å². The van der Waals surface area contributed by atoms with E-state index in [2.05, 4.69) is 36.3 Å². The van der Waals surface area contributed by atoms with Crippen LogP contribution in [0.5, 0.6) is 17.2 Å². The third-order valence-corrected chi connectivity index (χ3v) is 11.9. The Morgan fingerprint density at radius 1 is 0.797 bits per heavy atom. The summed E-state index contributed by atoms with van der Waals surface area (Å²) >= 11 is 0. The zero-order valence-electron chi connectivity index (χ0n) is 34.0. The number of allylic oxidation sites excluding steroid dienone is 5. The Kier molecular flexibility index (Phi) is 12.0. The lowest BCUT2D eigenvalue weighted by molar-refractivity contribution is -0.115. The molecular formula is C43H37N7O12S2. The van der Waals surface area contributed by atoms with Crippen LogP contribution in [0.15, 0.2) is 138 Å². The first kappa shape index (κ1) is 44.5. The van der Waals surface area contributed by atoms with Crippen LogP contribution in [0.4, 0.5) is 34.1 Å². The summed E-state index contributed by atoms with van der Waals surface area (Å²) in [5, 5.41) is 54.2. The van der Waals surface area contributed by atoms with Crippen molar-refractivity contribution >= 4 is 82.6 Å². The fourth-order valence-electron chi connectivity index (χ4n) is 6.99. The first-order valence-electron chi connectivity index (χ1n) is 18.9. The number of rotatable bonds is 12. The number of benzene rings is 5. The number of nitrogens with one attached hydrogen (secondary N) is 2. The van der Waals surface area contributed by atoms with Gasteiger partial charge < -0.3 is 25.4 Å². The van der Waals surface area contributed by atoms with Crippen LogP contribution >= 0.6 is 0 Å². The highest BCUT2D eigenvalue weighted by Crippen LogP contribution is 2.43. The van der Waals surface area contributed by atoms with E-state index >= 15 is 0 Å². The molecule has 5 aromatic carbocycles. The van der Waals surface area contributed by atoms with Gasteiger partial charge in [0.25, 0.3) is 20.2 Å². The number of aromatic carboxylic acids is 1. The van der Waals surface area contributed by atoms with Crippen LogP contribution in [0.3, 0.4) is 0 Å². The number of aryl methyl sites for hydroxylation is 3. The van der Waals surface area contributed by atoms with Gasteiger partial charge >= 0.3 is 5.97 Å². The van der Waals surface area contributed by atoms with Crippen molar-refractivity contribution in [3.05, 3.63) is 130 Å². The molecule has 0 amide bonds. The SMILES string of the molecule is COc1cc(N=Nc2ccc(O)c(C(=O)O)c2)c(C)cc1N/N=C1\C(=O)C2C=CC(Nc3ccc4c(O)c(N=Nc5ccc(C)cc5C)c(S(=O)(=O)O)cc4c3)=CC2C=C1S(=O)(=O)O. The number of ketones is 1. The van der Waals surface area contributed by atoms with Gasteiger partial charge in [-0.05, 0) is 98.0 Å². The van der Waals surface area contributed by atoms with Crippen molar-refractivity contribution in [2.75, 3.05) is 17.9 Å². The lowest BCUT2D eigenvalue weighted by Crippen LogP contribution is -2.37. The van der Waals surface area contributed by atoms with Crippen LogP contribution < -0.4 is 15.5 Å². The second-order valence-corrected chi connectivity index (χ2v) is 17.5. The highest BCUT2D eigenvalue weighted by Gasteiger charge is 2.40. The minimum absolute atomic E-state index is 0.144. The van der Waals surface area contributed by atoms with Gasteiger partial charge in [-0.1, -0.05) is 35.9 Å². The minimum Gasteiger partial charge on any atom is -0.507 e. The average Bonchev–Trinajstić information content (AvgIpc) is 3.22. The highest BCUT2D eigenvalue weighted by atomic mass is 32.2. The number of fused-ring (bicyclic) bond motifs is 2. The molecule has 0 saturated carbocycles. The molecule has 0 heterocycles. The molecule has 0 aromatic heterocycles. The van der Waals surface area contributed by atoms with Gasteiger partial charge in [0.05, 0.1) is 35.8 Å². The molecule has 0 radical (unpaired) electrons. The van der Waals surface area contributed by atoms with E-state index in [1.54, 1.807) is 44.2 Å². The lowest BCUT2D eigenvalue weighted by atomic mass is 9.79. The number of anilines is 2. The quantitative estimate of drug-likeness (QED) is 0.0349. The van der Waals surface area contributed by atoms with E-state index in [0.717, 1.165) is 23.3 Å². The third kappa shape index (κ3) is 9.27. The fraction of sp³-hybridized carbons (Fsp3) is 0.140. The van der Waals surface area contributed by atoms with Crippen LogP contribution in [-0.2, 0) is 25.0 Å². The Hall–Kier alpha value is -7.59. The number of carbonyl (C=O) groups excluding carboxylic acids is 1. The summed E-state index contributed by atoms with van der Waals surface area (Å²) in [4.78, 5) is 23.8. The van der Waals surface area contributed by atoms with Crippen LogP contribution in [0.25, 0.3) is 10.8 Å². The van der Waals surface area contributed by atoms with Crippen molar-refractivity contribution in [1.29, 1.82) is 0 Å². The fourth-order valence-corrected chi connectivity index (χ4v) is 8.37. The van der Waals surface area contributed by atoms with Crippen LogP contribution in [-0.4, -0.2) is 65.8 Å². The van der Waals surface area contributed by atoms with Crippen LogP contribution in [0.1, 0.15) is 27.0 Å². The predicted octanol–water partition coefficient (Wildman–Crippen LogP) is 8.88. The van der Waals surface area contributed by atoms with Crippen molar-refractivity contribution in [3.63, 3.8) is 0 Å². The molecule has 0 spiro atoms. The summed E-state index contributed by atoms with van der Waals surface area (Å²) < 4.78 is 76.2. The molecule has 7 rings (SSSR count).